The van der Waals surface area contributed by atoms with Crippen molar-refractivity contribution in [2.45, 2.75) is 31.6 Å². The fourth-order valence-corrected chi connectivity index (χ4v) is 5.43. The van der Waals surface area contributed by atoms with Gasteiger partial charge in [-0.05, 0) is 18.1 Å². The molecule has 0 amide bonds. The molecule has 1 saturated heterocycles. The maximum absolute atomic E-state index is 4.81. The molecule has 2 heterocycles. The molecule has 3 rings (SSSR count). The fraction of sp³-hybridized carbons (Fsp3) is 0.500. The highest BCUT2D eigenvalue weighted by atomic mass is 32.2. The summed E-state index contributed by atoms with van der Waals surface area (Å²) in [6.45, 7) is 6.43. The third-order valence-electron chi connectivity index (χ3n) is 3.96. The topological polar surface area (TPSA) is 29.9 Å². The first kappa shape index (κ1) is 16.9. The monoisotopic (exact) mass is 347 g/mol. The van der Waals surface area contributed by atoms with Crippen molar-refractivity contribution >= 4 is 23.5 Å². The van der Waals surface area contributed by atoms with Crippen LogP contribution in [0.2, 0.25) is 0 Å². The van der Waals surface area contributed by atoms with E-state index in [1.807, 2.05) is 10.7 Å². The van der Waals surface area contributed by atoms with Crippen molar-refractivity contribution < 1.29 is 0 Å². The average molecular weight is 348 g/mol. The van der Waals surface area contributed by atoms with E-state index >= 15 is 0 Å². The molecule has 124 valence electrons. The Morgan fingerprint density at radius 3 is 2.78 bits per heavy atom. The van der Waals surface area contributed by atoms with E-state index in [0.717, 1.165) is 24.0 Å². The molecule has 1 N–H and O–H groups in total. The molecule has 1 aromatic heterocycles. The van der Waals surface area contributed by atoms with Crippen LogP contribution in [0.5, 0.6) is 0 Å². The van der Waals surface area contributed by atoms with E-state index in [0.29, 0.717) is 5.92 Å². The van der Waals surface area contributed by atoms with Gasteiger partial charge in [0.15, 0.2) is 0 Å². The molecule has 5 heteroatoms. The number of nitrogens with zero attached hydrogens (tertiary/aromatic N) is 2. The molecule has 1 aromatic carbocycles. The van der Waals surface area contributed by atoms with Gasteiger partial charge in [-0.2, -0.15) is 28.6 Å². The van der Waals surface area contributed by atoms with Crippen LogP contribution in [0.25, 0.3) is 5.69 Å². The van der Waals surface area contributed by atoms with Crippen molar-refractivity contribution in [1.29, 1.82) is 0 Å². The third kappa shape index (κ3) is 4.55. The quantitative estimate of drug-likeness (QED) is 0.857. The lowest BCUT2D eigenvalue weighted by molar-refractivity contribution is 0.674. The second-order valence-corrected chi connectivity index (χ2v) is 8.73. The number of benzene rings is 1. The van der Waals surface area contributed by atoms with Crippen molar-refractivity contribution in [3.8, 4) is 5.69 Å². The molecular formula is C18H25N3S2. The van der Waals surface area contributed by atoms with Crippen molar-refractivity contribution in [2.75, 3.05) is 23.8 Å². The minimum absolute atomic E-state index is 0.441. The van der Waals surface area contributed by atoms with E-state index in [4.69, 9.17) is 5.10 Å². The summed E-state index contributed by atoms with van der Waals surface area (Å²) in [6.07, 6.45) is 2.18. The Balaban J connectivity index is 1.66. The van der Waals surface area contributed by atoms with E-state index in [1.54, 1.807) is 0 Å². The molecule has 2 aromatic rings. The molecular weight excluding hydrogens is 322 g/mol. The summed E-state index contributed by atoms with van der Waals surface area (Å²) in [5.41, 5.74) is 3.64. The standard InChI is InChI=1S/C18H25N3S2/c1-14(2)18-15(10-19-11-17-13-22-8-9-23-17)12-21(20-18)16-6-4-3-5-7-16/h3-7,12,14,17,19H,8-11,13H2,1-2H3. The lowest BCUT2D eigenvalue weighted by atomic mass is 10.1. The van der Waals surface area contributed by atoms with Crippen LogP contribution < -0.4 is 5.32 Å². The summed E-state index contributed by atoms with van der Waals surface area (Å²) in [6, 6.07) is 10.4. The Labute approximate surface area is 147 Å². The average Bonchev–Trinajstić information content (AvgIpc) is 3.01. The second-order valence-electron chi connectivity index (χ2n) is 6.17. The van der Waals surface area contributed by atoms with Crippen LogP contribution >= 0.6 is 23.5 Å². The first-order valence-corrected chi connectivity index (χ1v) is 10.5. The first-order chi connectivity index (χ1) is 11.2. The molecule has 1 unspecified atom stereocenters. The van der Waals surface area contributed by atoms with Gasteiger partial charge in [-0.1, -0.05) is 32.0 Å². The van der Waals surface area contributed by atoms with Gasteiger partial charge in [0.25, 0.3) is 0 Å². The summed E-state index contributed by atoms with van der Waals surface area (Å²) in [4.78, 5) is 0. The maximum Gasteiger partial charge on any atom is 0.0699 e. The smallest absolute Gasteiger partial charge is 0.0699 e. The van der Waals surface area contributed by atoms with E-state index in [-0.39, 0.29) is 0 Å². The van der Waals surface area contributed by atoms with Gasteiger partial charge in [0.05, 0.1) is 11.4 Å². The summed E-state index contributed by atoms with van der Waals surface area (Å²) in [5.74, 6) is 4.32. The summed E-state index contributed by atoms with van der Waals surface area (Å²) < 4.78 is 2.01. The predicted molar refractivity (Wildman–Crippen MR) is 103 cm³/mol. The number of hydrogen-bond donors (Lipinski definition) is 1. The van der Waals surface area contributed by atoms with Crippen LogP contribution in [0, 0.1) is 0 Å². The van der Waals surface area contributed by atoms with E-state index in [1.165, 1.54) is 28.5 Å². The lowest BCUT2D eigenvalue weighted by Gasteiger charge is -2.21. The van der Waals surface area contributed by atoms with Gasteiger partial charge >= 0.3 is 0 Å². The van der Waals surface area contributed by atoms with Gasteiger partial charge < -0.3 is 5.32 Å². The molecule has 0 aliphatic carbocycles. The lowest BCUT2D eigenvalue weighted by Crippen LogP contribution is -2.28. The minimum Gasteiger partial charge on any atom is -0.311 e. The highest BCUT2D eigenvalue weighted by Crippen LogP contribution is 2.24. The molecule has 1 aliphatic rings. The second kappa shape index (κ2) is 8.27. The van der Waals surface area contributed by atoms with Crippen LogP contribution in [0.4, 0.5) is 0 Å². The third-order valence-corrected chi connectivity index (χ3v) is 6.81. The highest BCUT2D eigenvalue weighted by Gasteiger charge is 2.16. The number of thioether (sulfide) groups is 2. The van der Waals surface area contributed by atoms with Gasteiger partial charge in [0.2, 0.25) is 0 Å². The van der Waals surface area contributed by atoms with Crippen molar-refractivity contribution in [1.82, 2.24) is 15.1 Å². The molecule has 0 saturated carbocycles. The molecule has 3 nitrogen and oxygen atoms in total. The Bertz CT molecular complexity index is 604. The molecule has 0 radical (unpaired) electrons. The summed E-state index contributed by atoms with van der Waals surface area (Å²) >= 11 is 4.19. The Morgan fingerprint density at radius 2 is 2.09 bits per heavy atom. The number of rotatable bonds is 6. The molecule has 1 aliphatic heterocycles. The maximum atomic E-state index is 4.81. The Hall–Kier alpha value is -0.910. The van der Waals surface area contributed by atoms with Gasteiger partial charge in [0, 0.05) is 47.4 Å². The van der Waals surface area contributed by atoms with Crippen LogP contribution in [0.1, 0.15) is 31.0 Å². The number of para-hydroxylation sites is 1. The summed E-state index contributed by atoms with van der Waals surface area (Å²) in [5, 5.41) is 9.21. The predicted octanol–water partition coefficient (Wildman–Crippen LogP) is 3.93. The first-order valence-electron chi connectivity index (χ1n) is 8.28. The number of hydrogen-bond acceptors (Lipinski definition) is 4. The van der Waals surface area contributed by atoms with Crippen molar-refractivity contribution in [3.05, 3.63) is 47.8 Å². The number of aromatic nitrogens is 2. The molecule has 0 spiro atoms. The zero-order chi connectivity index (χ0) is 16.1. The van der Waals surface area contributed by atoms with E-state index < -0.39 is 0 Å². The van der Waals surface area contributed by atoms with Crippen molar-refractivity contribution in [2.24, 2.45) is 0 Å². The zero-order valence-electron chi connectivity index (χ0n) is 13.9. The van der Waals surface area contributed by atoms with Gasteiger partial charge in [-0.25, -0.2) is 4.68 Å². The van der Waals surface area contributed by atoms with Crippen LogP contribution in [-0.2, 0) is 6.54 Å². The molecule has 23 heavy (non-hydrogen) atoms. The Morgan fingerprint density at radius 1 is 1.26 bits per heavy atom. The summed E-state index contributed by atoms with van der Waals surface area (Å²) in [7, 11) is 0. The van der Waals surface area contributed by atoms with Gasteiger partial charge in [-0.3, -0.25) is 0 Å². The number of nitrogens with one attached hydrogen (secondary N) is 1. The normalized spacial score (nSPS) is 18.5. The zero-order valence-corrected chi connectivity index (χ0v) is 15.5. The fourth-order valence-electron chi connectivity index (χ4n) is 2.78. The van der Waals surface area contributed by atoms with Crippen LogP contribution in [0.3, 0.4) is 0 Å². The SMILES string of the molecule is CC(C)c1nn(-c2ccccc2)cc1CNCC1CSCCS1. The van der Waals surface area contributed by atoms with Gasteiger partial charge in [-0.15, -0.1) is 0 Å². The van der Waals surface area contributed by atoms with E-state index in [2.05, 4.69) is 73.2 Å². The minimum atomic E-state index is 0.441. The molecule has 1 fully saturated rings. The molecule has 1 atom stereocenters. The van der Waals surface area contributed by atoms with E-state index in [9.17, 15) is 0 Å². The molecule has 0 bridgehead atoms. The highest BCUT2D eigenvalue weighted by molar-refractivity contribution is 8.06. The van der Waals surface area contributed by atoms with Crippen LogP contribution in [-0.4, -0.2) is 38.8 Å². The van der Waals surface area contributed by atoms with Gasteiger partial charge in [0.1, 0.15) is 0 Å². The van der Waals surface area contributed by atoms with Crippen molar-refractivity contribution in [3.63, 3.8) is 0 Å². The Kier molecular flexibility index (Phi) is 6.08. The van der Waals surface area contributed by atoms with Crippen LogP contribution in [0.15, 0.2) is 36.5 Å². The largest absolute Gasteiger partial charge is 0.311 e.